The average molecular weight is 421 g/mol. The van der Waals surface area contributed by atoms with E-state index in [9.17, 15) is 4.79 Å². The second-order valence-corrected chi connectivity index (χ2v) is 8.02. The minimum absolute atomic E-state index is 0.0927. The molecule has 7 nitrogen and oxygen atoms in total. The van der Waals surface area contributed by atoms with Crippen LogP contribution in [0.25, 0.3) is 21.8 Å². The Kier molecular flexibility index (Phi) is 5.85. The summed E-state index contributed by atoms with van der Waals surface area (Å²) in [7, 11) is 0. The molecule has 0 unspecified atom stereocenters. The summed E-state index contributed by atoms with van der Waals surface area (Å²) in [5, 5.41) is 14.4. The van der Waals surface area contributed by atoms with Crippen LogP contribution in [-0.4, -0.2) is 44.5 Å². The summed E-state index contributed by atoms with van der Waals surface area (Å²) in [5.74, 6) is 0.690. The van der Waals surface area contributed by atoms with Gasteiger partial charge in [0.1, 0.15) is 5.82 Å². The third-order valence-corrected chi connectivity index (χ3v) is 5.27. The van der Waals surface area contributed by atoms with Crippen LogP contribution in [0.1, 0.15) is 24.2 Å². The minimum Gasteiger partial charge on any atom is -0.367 e. The maximum Gasteiger partial charge on any atom is 0.251 e. The van der Waals surface area contributed by atoms with Crippen LogP contribution in [-0.2, 0) is 6.54 Å². The van der Waals surface area contributed by atoms with E-state index in [1.165, 1.54) is 11.8 Å². The van der Waals surface area contributed by atoms with E-state index in [4.69, 9.17) is 0 Å². The summed E-state index contributed by atoms with van der Waals surface area (Å²) in [6, 6.07) is 13.9. The fraction of sp³-hybridized carbons (Fsp3) is 0.273. The summed E-state index contributed by atoms with van der Waals surface area (Å²) in [5.41, 5.74) is 1.44. The first-order valence-electron chi connectivity index (χ1n) is 9.87. The molecule has 8 heteroatoms. The third-order valence-electron chi connectivity index (χ3n) is 4.73. The third kappa shape index (κ3) is 4.09. The first-order valence-corrected chi connectivity index (χ1v) is 11.1. The topological polar surface area (TPSA) is 84.7 Å². The van der Waals surface area contributed by atoms with Crippen LogP contribution < -0.4 is 10.6 Å². The van der Waals surface area contributed by atoms with Gasteiger partial charge in [-0.15, -0.1) is 0 Å². The van der Waals surface area contributed by atoms with Crippen molar-refractivity contribution in [1.29, 1.82) is 0 Å². The highest BCUT2D eigenvalue weighted by atomic mass is 32.2. The minimum atomic E-state index is -0.0927. The molecular formula is C22H24N6OS. The zero-order valence-corrected chi connectivity index (χ0v) is 18.0. The summed E-state index contributed by atoms with van der Waals surface area (Å²) >= 11 is 1.49. The number of thioether (sulfide) groups is 1. The molecule has 30 heavy (non-hydrogen) atoms. The van der Waals surface area contributed by atoms with Gasteiger partial charge in [-0.1, -0.05) is 48.2 Å². The van der Waals surface area contributed by atoms with E-state index in [1.54, 1.807) is 6.20 Å². The van der Waals surface area contributed by atoms with Crippen LogP contribution in [0, 0.1) is 0 Å². The highest BCUT2D eigenvalue weighted by molar-refractivity contribution is 7.98. The lowest BCUT2D eigenvalue weighted by Crippen LogP contribution is -2.27. The maximum atomic E-state index is 12.7. The number of anilines is 1. The Bertz CT molecular complexity index is 1200. The number of hydrogen-bond donors (Lipinski definition) is 2. The fourth-order valence-corrected chi connectivity index (χ4v) is 3.73. The smallest absolute Gasteiger partial charge is 0.251 e. The van der Waals surface area contributed by atoms with Gasteiger partial charge in [-0.05, 0) is 36.9 Å². The molecule has 0 aliphatic heterocycles. The molecular weight excluding hydrogens is 396 g/mol. The van der Waals surface area contributed by atoms with Gasteiger partial charge in [-0.3, -0.25) is 4.79 Å². The van der Waals surface area contributed by atoms with Gasteiger partial charge in [0, 0.05) is 18.2 Å². The molecule has 0 aliphatic rings. The summed E-state index contributed by atoms with van der Waals surface area (Å²) in [4.78, 5) is 21.9. The van der Waals surface area contributed by atoms with Crippen LogP contribution in [0.2, 0.25) is 0 Å². The zero-order chi connectivity index (χ0) is 21.1. The molecule has 2 N–H and O–H groups in total. The number of nitrogens with zero attached hydrogens (tertiary/aromatic N) is 4. The molecule has 2 aromatic carbocycles. The summed E-state index contributed by atoms with van der Waals surface area (Å²) < 4.78 is 1.81. The number of hydrogen-bond acceptors (Lipinski definition) is 6. The van der Waals surface area contributed by atoms with E-state index in [2.05, 4.69) is 39.5 Å². The number of benzene rings is 2. The first-order chi connectivity index (χ1) is 14.6. The first kappa shape index (κ1) is 20.2. The predicted octanol–water partition coefficient (Wildman–Crippen LogP) is 3.95. The number of nitrogens with one attached hydrogen (secondary N) is 2. The highest BCUT2D eigenvalue weighted by Gasteiger charge is 2.14. The molecule has 2 aromatic heterocycles. The van der Waals surface area contributed by atoms with Crippen molar-refractivity contribution in [3.8, 4) is 0 Å². The SMILES string of the molecule is CSc1nc(NC(C)C)c2cnn(CCNC(=O)c3cccc4ccccc34)c2n1. The molecule has 4 aromatic rings. The van der Waals surface area contributed by atoms with Crippen molar-refractivity contribution in [3.05, 3.63) is 54.2 Å². The molecule has 0 aliphatic carbocycles. The van der Waals surface area contributed by atoms with Gasteiger partial charge in [-0.25, -0.2) is 14.6 Å². The van der Waals surface area contributed by atoms with Crippen LogP contribution >= 0.6 is 11.8 Å². The van der Waals surface area contributed by atoms with Gasteiger partial charge in [0.2, 0.25) is 0 Å². The van der Waals surface area contributed by atoms with Gasteiger partial charge in [0.05, 0.1) is 18.1 Å². The Morgan fingerprint density at radius 3 is 2.70 bits per heavy atom. The lowest BCUT2D eigenvalue weighted by Gasteiger charge is -2.11. The number of amides is 1. The quantitative estimate of drug-likeness (QED) is 0.348. The lowest BCUT2D eigenvalue weighted by atomic mass is 10.0. The molecule has 0 spiro atoms. The van der Waals surface area contributed by atoms with Crippen LogP contribution in [0.3, 0.4) is 0 Å². The van der Waals surface area contributed by atoms with Gasteiger partial charge >= 0.3 is 0 Å². The second kappa shape index (κ2) is 8.71. The van der Waals surface area contributed by atoms with Crippen LogP contribution in [0.15, 0.2) is 53.8 Å². The molecule has 0 radical (unpaired) electrons. The largest absolute Gasteiger partial charge is 0.367 e. The van der Waals surface area contributed by atoms with Crippen LogP contribution in [0.4, 0.5) is 5.82 Å². The Balaban J connectivity index is 1.52. The van der Waals surface area contributed by atoms with Crippen molar-refractivity contribution in [2.45, 2.75) is 31.6 Å². The molecule has 154 valence electrons. The Morgan fingerprint density at radius 1 is 1.10 bits per heavy atom. The number of carbonyl (C=O) groups excluding carboxylic acids is 1. The van der Waals surface area contributed by atoms with Crippen molar-refractivity contribution in [3.63, 3.8) is 0 Å². The Morgan fingerprint density at radius 2 is 1.90 bits per heavy atom. The predicted molar refractivity (Wildman–Crippen MR) is 122 cm³/mol. The molecule has 0 bridgehead atoms. The average Bonchev–Trinajstić information content (AvgIpc) is 3.16. The summed E-state index contributed by atoms with van der Waals surface area (Å²) in [6.45, 7) is 5.11. The summed E-state index contributed by atoms with van der Waals surface area (Å²) in [6.07, 6.45) is 3.72. The van der Waals surface area contributed by atoms with Crippen molar-refractivity contribution in [1.82, 2.24) is 25.1 Å². The van der Waals surface area contributed by atoms with Crippen molar-refractivity contribution in [2.75, 3.05) is 18.1 Å². The second-order valence-electron chi connectivity index (χ2n) is 7.25. The van der Waals surface area contributed by atoms with Gasteiger partial charge in [0.25, 0.3) is 5.91 Å². The maximum absolute atomic E-state index is 12.7. The Hall–Kier alpha value is -3.13. The van der Waals surface area contributed by atoms with Crippen LogP contribution in [0.5, 0.6) is 0 Å². The van der Waals surface area contributed by atoms with E-state index in [-0.39, 0.29) is 11.9 Å². The van der Waals surface area contributed by atoms with Crippen molar-refractivity contribution < 1.29 is 4.79 Å². The van der Waals surface area contributed by atoms with E-state index < -0.39 is 0 Å². The standard InChI is InChI=1S/C22H24N6OS/c1-14(2)25-19-18-13-24-28(20(18)27-22(26-19)30-3)12-11-23-21(29)17-10-6-8-15-7-4-5-9-16(15)17/h4-10,13-14H,11-12H2,1-3H3,(H,23,29)(H,25,26,27). The van der Waals surface area contributed by atoms with Gasteiger partial charge < -0.3 is 10.6 Å². The lowest BCUT2D eigenvalue weighted by molar-refractivity contribution is 0.0953. The monoisotopic (exact) mass is 420 g/mol. The van der Waals surface area contributed by atoms with E-state index in [1.807, 2.05) is 53.4 Å². The van der Waals surface area contributed by atoms with Crippen molar-refractivity contribution >= 4 is 45.3 Å². The van der Waals surface area contributed by atoms with Crippen molar-refractivity contribution in [2.24, 2.45) is 0 Å². The van der Waals surface area contributed by atoms with E-state index in [0.717, 1.165) is 27.6 Å². The van der Waals surface area contributed by atoms with E-state index >= 15 is 0 Å². The molecule has 0 saturated heterocycles. The normalized spacial score (nSPS) is 11.3. The number of carbonyl (C=O) groups is 1. The zero-order valence-electron chi connectivity index (χ0n) is 17.2. The molecule has 0 saturated carbocycles. The molecule has 2 heterocycles. The number of aromatic nitrogens is 4. The molecule has 0 atom stereocenters. The van der Waals surface area contributed by atoms with Gasteiger partial charge in [-0.2, -0.15) is 5.10 Å². The molecule has 0 fully saturated rings. The Labute approximate surface area is 179 Å². The molecule has 1 amide bonds. The molecule has 4 rings (SSSR count). The fourth-order valence-electron chi connectivity index (χ4n) is 3.37. The number of rotatable bonds is 7. The number of fused-ring (bicyclic) bond motifs is 2. The highest BCUT2D eigenvalue weighted by Crippen LogP contribution is 2.24. The van der Waals surface area contributed by atoms with Gasteiger partial charge in [0.15, 0.2) is 10.8 Å². The van der Waals surface area contributed by atoms with E-state index in [0.29, 0.717) is 23.8 Å².